The van der Waals surface area contributed by atoms with E-state index in [1.807, 2.05) is 0 Å². The average molecular weight is 184 g/mol. The maximum atomic E-state index is 8.86. The van der Waals surface area contributed by atoms with E-state index in [1.165, 1.54) is 39.0 Å². The minimum absolute atomic E-state index is 0.315. The zero-order valence-electron chi connectivity index (χ0n) is 8.21. The molecule has 0 aromatic rings. The molecular formula is C10H20N2O. The summed E-state index contributed by atoms with van der Waals surface area (Å²) in [6, 6.07) is 0. The lowest BCUT2D eigenvalue weighted by Crippen LogP contribution is -2.51. The molecule has 0 amide bonds. The van der Waals surface area contributed by atoms with Gasteiger partial charge in [0, 0.05) is 13.1 Å². The zero-order valence-corrected chi connectivity index (χ0v) is 8.21. The highest BCUT2D eigenvalue weighted by atomic mass is 16.3. The highest BCUT2D eigenvalue weighted by Gasteiger charge is 2.30. The number of aliphatic hydroxyl groups is 1. The molecule has 1 atom stereocenters. The van der Waals surface area contributed by atoms with Gasteiger partial charge >= 0.3 is 0 Å². The van der Waals surface area contributed by atoms with Crippen molar-refractivity contribution in [1.82, 2.24) is 10.2 Å². The Bertz CT molecular complexity index is 157. The average Bonchev–Trinajstić information content (AvgIpc) is 2.02. The molecule has 0 radical (unpaired) electrons. The van der Waals surface area contributed by atoms with Gasteiger partial charge < -0.3 is 15.3 Å². The normalized spacial score (nSPS) is 31.6. The summed E-state index contributed by atoms with van der Waals surface area (Å²) < 4.78 is 0. The number of likely N-dealkylation sites (tertiary alicyclic amines) is 1. The summed E-state index contributed by atoms with van der Waals surface area (Å²) >= 11 is 0. The van der Waals surface area contributed by atoms with Crippen molar-refractivity contribution >= 4 is 0 Å². The van der Waals surface area contributed by atoms with E-state index in [1.54, 1.807) is 0 Å². The van der Waals surface area contributed by atoms with Crippen LogP contribution < -0.4 is 5.32 Å². The minimum Gasteiger partial charge on any atom is -0.395 e. The Balaban J connectivity index is 1.77. The first-order valence-electron chi connectivity index (χ1n) is 5.44. The molecule has 0 bridgehead atoms. The van der Waals surface area contributed by atoms with Crippen LogP contribution in [0.5, 0.6) is 0 Å². The fourth-order valence-corrected chi connectivity index (χ4v) is 2.46. The van der Waals surface area contributed by atoms with E-state index in [0.29, 0.717) is 6.61 Å². The lowest BCUT2D eigenvalue weighted by atomic mass is 9.82. The van der Waals surface area contributed by atoms with E-state index in [-0.39, 0.29) is 0 Å². The van der Waals surface area contributed by atoms with Crippen molar-refractivity contribution in [2.24, 2.45) is 11.8 Å². The van der Waals surface area contributed by atoms with Gasteiger partial charge in [0.2, 0.25) is 0 Å². The molecule has 13 heavy (non-hydrogen) atoms. The van der Waals surface area contributed by atoms with Crippen molar-refractivity contribution < 1.29 is 5.11 Å². The van der Waals surface area contributed by atoms with Crippen LogP contribution in [0.4, 0.5) is 0 Å². The quantitative estimate of drug-likeness (QED) is 0.643. The van der Waals surface area contributed by atoms with Gasteiger partial charge in [-0.15, -0.1) is 0 Å². The van der Waals surface area contributed by atoms with Crippen molar-refractivity contribution in [3.05, 3.63) is 0 Å². The van der Waals surface area contributed by atoms with E-state index >= 15 is 0 Å². The molecule has 2 saturated heterocycles. The predicted molar refractivity (Wildman–Crippen MR) is 52.6 cm³/mol. The highest BCUT2D eigenvalue weighted by Crippen LogP contribution is 2.26. The second kappa shape index (κ2) is 4.40. The summed E-state index contributed by atoms with van der Waals surface area (Å²) in [4.78, 5) is 2.41. The van der Waals surface area contributed by atoms with Gasteiger partial charge in [0.15, 0.2) is 0 Å². The smallest absolute Gasteiger partial charge is 0.0558 e. The molecule has 3 heteroatoms. The third-order valence-electron chi connectivity index (χ3n) is 3.44. The number of aliphatic hydroxyl groups excluding tert-OH is 1. The van der Waals surface area contributed by atoms with Crippen molar-refractivity contribution in [2.45, 2.75) is 12.8 Å². The van der Waals surface area contributed by atoms with Crippen molar-refractivity contribution in [1.29, 1.82) is 0 Å². The molecule has 3 nitrogen and oxygen atoms in total. The first kappa shape index (κ1) is 9.44. The zero-order chi connectivity index (χ0) is 9.10. The van der Waals surface area contributed by atoms with Gasteiger partial charge in [-0.2, -0.15) is 0 Å². The summed E-state index contributed by atoms with van der Waals surface area (Å²) in [6.07, 6.45) is 2.72. The van der Waals surface area contributed by atoms with Crippen LogP contribution in [0.2, 0.25) is 0 Å². The number of piperidine rings is 1. The molecule has 0 saturated carbocycles. The summed E-state index contributed by atoms with van der Waals surface area (Å²) in [5.74, 6) is 1.81. The van der Waals surface area contributed by atoms with Crippen LogP contribution in [0, 0.1) is 11.8 Å². The molecule has 0 spiro atoms. The van der Waals surface area contributed by atoms with Crippen LogP contribution >= 0.6 is 0 Å². The topological polar surface area (TPSA) is 35.5 Å². The maximum absolute atomic E-state index is 8.86. The molecule has 0 aromatic carbocycles. The molecule has 0 aromatic heterocycles. The van der Waals surface area contributed by atoms with Gasteiger partial charge in [-0.1, -0.05) is 0 Å². The van der Waals surface area contributed by atoms with Crippen molar-refractivity contribution in [3.63, 3.8) is 0 Å². The molecule has 2 aliphatic heterocycles. The minimum atomic E-state index is 0.315. The number of nitrogens with zero attached hydrogens (tertiary/aromatic N) is 1. The summed E-state index contributed by atoms with van der Waals surface area (Å²) in [6.45, 7) is 6.03. The molecular weight excluding hydrogens is 164 g/mol. The predicted octanol–water partition coefficient (Wildman–Crippen LogP) is -0.0899. The van der Waals surface area contributed by atoms with E-state index < -0.39 is 0 Å². The second-order valence-electron chi connectivity index (χ2n) is 4.34. The van der Waals surface area contributed by atoms with Gasteiger partial charge in [-0.25, -0.2) is 0 Å². The third kappa shape index (κ3) is 2.22. The Morgan fingerprint density at radius 1 is 1.31 bits per heavy atom. The largest absolute Gasteiger partial charge is 0.395 e. The fourth-order valence-electron chi connectivity index (χ4n) is 2.46. The van der Waals surface area contributed by atoms with Crippen LogP contribution in [0.1, 0.15) is 12.8 Å². The lowest BCUT2D eigenvalue weighted by molar-refractivity contribution is 0.0929. The van der Waals surface area contributed by atoms with E-state index in [4.69, 9.17) is 5.11 Å². The number of nitrogens with one attached hydrogen (secondary N) is 1. The third-order valence-corrected chi connectivity index (χ3v) is 3.44. The number of hydrogen-bond donors (Lipinski definition) is 2. The van der Waals surface area contributed by atoms with Gasteiger partial charge in [0.25, 0.3) is 0 Å². The number of rotatable bonds is 3. The Hall–Kier alpha value is -0.120. The Labute approximate surface area is 80.1 Å². The Morgan fingerprint density at radius 3 is 2.77 bits per heavy atom. The number of β-amino-alcohol motifs (C(OH)–C–C–N with tert-alkyl or cyclic N) is 1. The molecule has 0 aliphatic carbocycles. The van der Waals surface area contributed by atoms with Crippen LogP contribution in [0.15, 0.2) is 0 Å². The molecule has 76 valence electrons. The summed E-state index contributed by atoms with van der Waals surface area (Å²) in [5.41, 5.74) is 0. The van der Waals surface area contributed by atoms with Crippen LogP contribution in [0.3, 0.4) is 0 Å². The molecule has 2 fully saturated rings. The standard InChI is InChI=1S/C10H20N2O/c13-5-4-12-3-1-2-9(8-12)10-6-11-7-10/h9-11,13H,1-8H2. The summed E-state index contributed by atoms with van der Waals surface area (Å²) in [5, 5.41) is 12.2. The first-order chi connectivity index (χ1) is 6.40. The first-order valence-corrected chi connectivity index (χ1v) is 5.44. The van der Waals surface area contributed by atoms with Crippen LogP contribution in [-0.4, -0.2) is 49.3 Å². The van der Waals surface area contributed by atoms with Crippen molar-refractivity contribution in [2.75, 3.05) is 39.3 Å². The number of hydrogen-bond acceptors (Lipinski definition) is 3. The Morgan fingerprint density at radius 2 is 2.15 bits per heavy atom. The van der Waals surface area contributed by atoms with Gasteiger partial charge in [0.05, 0.1) is 6.61 Å². The lowest BCUT2D eigenvalue weighted by Gasteiger charge is -2.41. The SMILES string of the molecule is OCCN1CCCC(C2CNC2)C1. The summed E-state index contributed by atoms with van der Waals surface area (Å²) in [7, 11) is 0. The molecule has 2 heterocycles. The Kier molecular flexibility index (Phi) is 3.19. The molecule has 2 aliphatic rings. The van der Waals surface area contributed by atoms with Gasteiger partial charge in [0.1, 0.15) is 0 Å². The fraction of sp³-hybridized carbons (Fsp3) is 1.00. The maximum Gasteiger partial charge on any atom is 0.0558 e. The van der Waals surface area contributed by atoms with E-state index in [9.17, 15) is 0 Å². The van der Waals surface area contributed by atoms with E-state index in [2.05, 4.69) is 10.2 Å². The van der Waals surface area contributed by atoms with Crippen molar-refractivity contribution in [3.8, 4) is 0 Å². The molecule has 2 N–H and O–H groups in total. The van der Waals surface area contributed by atoms with E-state index in [0.717, 1.165) is 18.4 Å². The highest BCUT2D eigenvalue weighted by molar-refractivity contribution is 4.85. The second-order valence-corrected chi connectivity index (χ2v) is 4.34. The van der Waals surface area contributed by atoms with Crippen LogP contribution in [-0.2, 0) is 0 Å². The van der Waals surface area contributed by atoms with Crippen LogP contribution in [0.25, 0.3) is 0 Å². The van der Waals surface area contributed by atoms with Gasteiger partial charge in [-0.3, -0.25) is 0 Å². The molecule has 1 unspecified atom stereocenters. The molecule has 2 rings (SSSR count). The van der Waals surface area contributed by atoms with Gasteiger partial charge in [-0.05, 0) is 44.3 Å². The monoisotopic (exact) mass is 184 g/mol.